The van der Waals surface area contributed by atoms with E-state index in [1.165, 1.54) is 24.4 Å². The summed E-state index contributed by atoms with van der Waals surface area (Å²) in [4.78, 5) is 13.9. The van der Waals surface area contributed by atoms with Crippen molar-refractivity contribution in [3.8, 4) is 11.6 Å². The Morgan fingerprint density at radius 1 is 1.45 bits per heavy atom. The molecule has 2 aromatic rings. The normalized spacial score (nSPS) is 10.1. The first-order chi connectivity index (χ1) is 9.49. The van der Waals surface area contributed by atoms with Gasteiger partial charge in [-0.05, 0) is 12.1 Å². The van der Waals surface area contributed by atoms with E-state index in [-0.39, 0.29) is 11.7 Å². The number of hydrogen-bond donors (Lipinski definition) is 2. The summed E-state index contributed by atoms with van der Waals surface area (Å²) in [5.74, 6) is -1.73. The number of nitro groups is 1. The molecule has 0 radical (unpaired) electrons. The number of nitrogens with zero attached hydrogens (tertiary/aromatic N) is 2. The van der Waals surface area contributed by atoms with Crippen LogP contribution in [0, 0.1) is 21.3 Å². The van der Waals surface area contributed by atoms with Crippen LogP contribution in [0.15, 0.2) is 36.5 Å². The van der Waals surface area contributed by atoms with Crippen molar-refractivity contribution in [2.75, 3.05) is 0 Å². The molecule has 0 spiro atoms. The number of nitrogens with one attached hydrogen (secondary N) is 1. The van der Waals surface area contributed by atoms with Crippen molar-refractivity contribution in [1.29, 1.82) is 5.41 Å². The van der Waals surface area contributed by atoms with E-state index in [4.69, 9.17) is 15.9 Å². The molecular formula is C12H9FN4O3. The zero-order chi connectivity index (χ0) is 14.7. The van der Waals surface area contributed by atoms with E-state index in [0.29, 0.717) is 5.56 Å². The third kappa shape index (κ3) is 2.69. The largest absolute Gasteiger partial charge is 0.429 e. The van der Waals surface area contributed by atoms with Gasteiger partial charge in [-0.25, -0.2) is 9.37 Å². The van der Waals surface area contributed by atoms with Gasteiger partial charge in [-0.3, -0.25) is 15.5 Å². The number of ether oxygens (including phenoxy) is 1. The number of aromatic nitrogens is 1. The highest BCUT2D eigenvalue weighted by Gasteiger charge is 2.20. The molecule has 20 heavy (non-hydrogen) atoms. The van der Waals surface area contributed by atoms with Gasteiger partial charge in [0.15, 0.2) is 5.82 Å². The highest BCUT2D eigenvalue weighted by Crippen LogP contribution is 2.33. The molecule has 0 aliphatic rings. The van der Waals surface area contributed by atoms with E-state index in [9.17, 15) is 14.5 Å². The molecule has 2 rings (SSSR count). The van der Waals surface area contributed by atoms with Gasteiger partial charge in [0.05, 0.1) is 4.92 Å². The van der Waals surface area contributed by atoms with Gasteiger partial charge in [0.1, 0.15) is 5.84 Å². The maximum Gasteiger partial charge on any atom is 0.314 e. The summed E-state index contributed by atoms with van der Waals surface area (Å²) < 4.78 is 18.7. The van der Waals surface area contributed by atoms with E-state index in [1.807, 2.05) is 0 Å². The van der Waals surface area contributed by atoms with E-state index < -0.39 is 22.2 Å². The molecule has 0 amide bonds. The van der Waals surface area contributed by atoms with Gasteiger partial charge in [-0.1, -0.05) is 6.07 Å². The van der Waals surface area contributed by atoms with Gasteiger partial charge in [-0.2, -0.15) is 0 Å². The lowest BCUT2D eigenvalue weighted by Crippen LogP contribution is -2.11. The summed E-state index contributed by atoms with van der Waals surface area (Å²) in [6.45, 7) is 0. The van der Waals surface area contributed by atoms with Crippen LogP contribution in [0.3, 0.4) is 0 Å². The Balaban J connectivity index is 2.42. The van der Waals surface area contributed by atoms with Crippen molar-refractivity contribution in [3.63, 3.8) is 0 Å². The average molecular weight is 276 g/mol. The van der Waals surface area contributed by atoms with Crippen molar-refractivity contribution in [2.24, 2.45) is 5.73 Å². The smallest absolute Gasteiger partial charge is 0.314 e. The Morgan fingerprint density at radius 2 is 2.20 bits per heavy atom. The van der Waals surface area contributed by atoms with Crippen molar-refractivity contribution >= 4 is 11.5 Å². The van der Waals surface area contributed by atoms with Crippen LogP contribution in [-0.2, 0) is 0 Å². The second kappa shape index (κ2) is 5.31. The van der Waals surface area contributed by atoms with Crippen molar-refractivity contribution in [1.82, 2.24) is 4.98 Å². The first-order valence-electron chi connectivity index (χ1n) is 5.40. The first-order valence-corrected chi connectivity index (χ1v) is 5.40. The average Bonchev–Trinajstić information content (AvgIpc) is 2.41. The molecule has 0 saturated heterocycles. The molecule has 0 unspecified atom stereocenters. The number of amidine groups is 1. The molecule has 1 aromatic carbocycles. The van der Waals surface area contributed by atoms with Gasteiger partial charge in [-0.15, -0.1) is 0 Å². The van der Waals surface area contributed by atoms with Gasteiger partial charge < -0.3 is 10.5 Å². The van der Waals surface area contributed by atoms with E-state index in [1.54, 1.807) is 0 Å². The zero-order valence-corrected chi connectivity index (χ0v) is 10.0. The SMILES string of the molecule is N=C(N)c1ccnc(Oc2c(F)cccc2[N+](=O)[O-])c1. The molecule has 0 aliphatic carbocycles. The fraction of sp³-hybridized carbons (Fsp3) is 0. The van der Waals surface area contributed by atoms with Crippen molar-refractivity contribution < 1.29 is 14.1 Å². The lowest BCUT2D eigenvalue weighted by atomic mass is 10.2. The standard InChI is InChI=1S/C12H9FN4O3/c13-8-2-1-3-9(17(18)19)11(8)20-10-6-7(12(14)15)4-5-16-10/h1-6H,(H3,14,15). The molecule has 0 fully saturated rings. The minimum atomic E-state index is -0.880. The van der Waals surface area contributed by atoms with E-state index in [2.05, 4.69) is 4.98 Å². The maximum absolute atomic E-state index is 13.6. The fourth-order valence-electron chi connectivity index (χ4n) is 1.48. The monoisotopic (exact) mass is 276 g/mol. The Labute approximate surface area is 112 Å². The third-order valence-corrected chi connectivity index (χ3v) is 2.40. The van der Waals surface area contributed by atoms with Crippen LogP contribution in [0.2, 0.25) is 0 Å². The number of para-hydroxylation sites is 1. The van der Waals surface area contributed by atoms with Gasteiger partial charge in [0.2, 0.25) is 11.6 Å². The highest BCUT2D eigenvalue weighted by molar-refractivity contribution is 5.95. The summed E-state index contributed by atoms with van der Waals surface area (Å²) in [7, 11) is 0. The number of benzene rings is 1. The van der Waals surface area contributed by atoms with Gasteiger partial charge >= 0.3 is 5.69 Å². The summed E-state index contributed by atoms with van der Waals surface area (Å²) >= 11 is 0. The topological polar surface area (TPSA) is 115 Å². The predicted molar refractivity (Wildman–Crippen MR) is 68.4 cm³/mol. The Kier molecular flexibility index (Phi) is 3.56. The minimum Gasteiger partial charge on any atom is -0.429 e. The molecular weight excluding hydrogens is 267 g/mol. The van der Waals surface area contributed by atoms with Crippen LogP contribution in [0.5, 0.6) is 11.6 Å². The predicted octanol–water partition coefficient (Wildman–Crippen LogP) is 2.21. The number of rotatable bonds is 4. The van der Waals surface area contributed by atoms with Gasteiger partial charge in [0, 0.05) is 23.9 Å². The molecule has 7 nitrogen and oxygen atoms in total. The van der Waals surface area contributed by atoms with Crippen molar-refractivity contribution in [2.45, 2.75) is 0 Å². The number of nitrogen functional groups attached to an aromatic ring is 1. The zero-order valence-electron chi connectivity index (χ0n) is 10.0. The first kappa shape index (κ1) is 13.4. The molecule has 1 heterocycles. The molecule has 0 saturated carbocycles. The van der Waals surface area contributed by atoms with Crippen LogP contribution < -0.4 is 10.5 Å². The van der Waals surface area contributed by atoms with Crippen molar-refractivity contribution in [3.05, 3.63) is 58.0 Å². The summed E-state index contributed by atoms with van der Waals surface area (Å²) in [5, 5.41) is 18.1. The molecule has 0 atom stereocenters. The molecule has 8 heteroatoms. The number of hydrogen-bond acceptors (Lipinski definition) is 5. The Hall–Kier alpha value is -3.03. The third-order valence-electron chi connectivity index (χ3n) is 2.40. The highest BCUT2D eigenvalue weighted by atomic mass is 19.1. The van der Waals surface area contributed by atoms with Crippen LogP contribution in [0.4, 0.5) is 10.1 Å². The Bertz CT molecular complexity index is 690. The lowest BCUT2D eigenvalue weighted by Gasteiger charge is -2.07. The summed E-state index contributed by atoms with van der Waals surface area (Å²) in [5.41, 5.74) is 5.10. The van der Waals surface area contributed by atoms with Crippen LogP contribution >= 0.6 is 0 Å². The second-order valence-corrected chi connectivity index (χ2v) is 3.74. The van der Waals surface area contributed by atoms with Crippen LogP contribution in [0.25, 0.3) is 0 Å². The van der Waals surface area contributed by atoms with Crippen LogP contribution in [-0.4, -0.2) is 15.7 Å². The summed E-state index contributed by atoms with van der Waals surface area (Å²) in [6.07, 6.45) is 1.30. The number of pyridine rings is 1. The molecule has 102 valence electrons. The molecule has 0 aliphatic heterocycles. The Morgan fingerprint density at radius 3 is 2.85 bits per heavy atom. The number of nitrogens with two attached hydrogens (primary N) is 1. The molecule has 3 N–H and O–H groups in total. The maximum atomic E-state index is 13.6. The quantitative estimate of drug-likeness (QED) is 0.384. The minimum absolute atomic E-state index is 0.0918. The second-order valence-electron chi connectivity index (χ2n) is 3.74. The van der Waals surface area contributed by atoms with Crippen LogP contribution in [0.1, 0.15) is 5.56 Å². The fourth-order valence-corrected chi connectivity index (χ4v) is 1.48. The van der Waals surface area contributed by atoms with E-state index >= 15 is 0 Å². The lowest BCUT2D eigenvalue weighted by molar-refractivity contribution is -0.385. The molecule has 1 aromatic heterocycles. The number of nitro benzene ring substituents is 1. The molecule has 0 bridgehead atoms. The summed E-state index contributed by atoms with van der Waals surface area (Å²) in [6, 6.07) is 6.12. The van der Waals surface area contributed by atoms with E-state index in [0.717, 1.165) is 12.1 Å². The van der Waals surface area contributed by atoms with Gasteiger partial charge in [0.25, 0.3) is 0 Å². The number of halogens is 1.